The van der Waals surface area contributed by atoms with Gasteiger partial charge in [0, 0.05) is 19.2 Å². The highest BCUT2D eigenvalue weighted by Crippen LogP contribution is 2.31. The topological polar surface area (TPSA) is 94.6 Å². The van der Waals surface area contributed by atoms with E-state index in [0.29, 0.717) is 31.0 Å². The fourth-order valence-electron chi connectivity index (χ4n) is 3.54. The first-order chi connectivity index (χ1) is 13.4. The van der Waals surface area contributed by atoms with Gasteiger partial charge in [-0.3, -0.25) is 4.90 Å². The first-order valence-corrected chi connectivity index (χ1v) is 9.44. The minimum Gasteiger partial charge on any atom is -0.442 e. The summed E-state index contributed by atoms with van der Waals surface area (Å²) in [6.45, 7) is 3.91. The van der Waals surface area contributed by atoms with Crippen molar-refractivity contribution in [1.82, 2.24) is 5.32 Å². The molecule has 148 valence electrons. The number of cyclic esters (lactones) is 1. The molecule has 0 bridgehead atoms. The first-order valence-electron chi connectivity index (χ1n) is 9.03. The van der Waals surface area contributed by atoms with Crippen LogP contribution in [0.4, 0.5) is 20.6 Å². The second-order valence-corrected chi connectivity index (χ2v) is 7.38. The van der Waals surface area contributed by atoms with E-state index in [1.807, 2.05) is 11.8 Å². The number of rotatable bonds is 4. The molecule has 2 atom stereocenters. The third-order valence-corrected chi connectivity index (χ3v) is 5.15. The molecule has 7 nitrogen and oxygen atoms in total. The number of nitriles is 1. The van der Waals surface area contributed by atoms with Crippen molar-refractivity contribution in [1.29, 1.82) is 5.26 Å². The highest BCUT2D eigenvalue weighted by atomic mass is 32.1. The highest BCUT2D eigenvalue weighted by Gasteiger charge is 2.33. The first kappa shape index (κ1) is 19.9. The van der Waals surface area contributed by atoms with Crippen LogP contribution in [-0.2, 0) is 4.74 Å². The fourth-order valence-corrected chi connectivity index (χ4v) is 3.62. The lowest BCUT2D eigenvalue weighted by atomic mass is 9.92. The van der Waals surface area contributed by atoms with Gasteiger partial charge in [0.25, 0.3) is 0 Å². The van der Waals surface area contributed by atoms with Crippen LogP contribution in [0.15, 0.2) is 29.8 Å². The Labute approximate surface area is 168 Å². The Morgan fingerprint density at radius 2 is 2.32 bits per heavy atom. The molecule has 3 rings (SSSR count). The molecule has 9 heteroatoms. The van der Waals surface area contributed by atoms with Crippen molar-refractivity contribution >= 4 is 34.8 Å². The van der Waals surface area contributed by atoms with Gasteiger partial charge in [0.2, 0.25) is 0 Å². The normalized spacial score (nSPS) is 23.5. The van der Waals surface area contributed by atoms with E-state index >= 15 is 0 Å². The summed E-state index contributed by atoms with van der Waals surface area (Å²) in [5, 5.41) is 11.7. The molecule has 2 unspecified atom stereocenters. The SMILES string of the molecule is CC1CN(c2ccc(N3CC(CNC(N)=S)OC3=O)cc2F)CC/C1=C/C#N. The maximum Gasteiger partial charge on any atom is 0.414 e. The highest BCUT2D eigenvalue weighted by molar-refractivity contribution is 7.80. The zero-order valence-corrected chi connectivity index (χ0v) is 16.3. The van der Waals surface area contributed by atoms with E-state index in [1.54, 1.807) is 18.2 Å². The van der Waals surface area contributed by atoms with Crippen molar-refractivity contribution in [3.8, 4) is 6.07 Å². The van der Waals surface area contributed by atoms with E-state index in [0.717, 1.165) is 12.0 Å². The molecule has 2 fully saturated rings. The molecule has 2 heterocycles. The third kappa shape index (κ3) is 4.34. The van der Waals surface area contributed by atoms with Crippen molar-refractivity contribution in [2.45, 2.75) is 19.4 Å². The predicted molar refractivity (Wildman–Crippen MR) is 108 cm³/mol. The number of carbonyl (C=O) groups excluding carboxylic acids is 1. The van der Waals surface area contributed by atoms with Crippen LogP contribution in [0.5, 0.6) is 0 Å². The fraction of sp³-hybridized carbons (Fsp3) is 0.421. The van der Waals surface area contributed by atoms with Crippen molar-refractivity contribution in [3.63, 3.8) is 0 Å². The van der Waals surface area contributed by atoms with E-state index < -0.39 is 18.0 Å². The Morgan fingerprint density at radius 3 is 2.96 bits per heavy atom. The molecular weight excluding hydrogens is 381 g/mol. The number of ether oxygens (including phenoxy) is 1. The standard InChI is InChI=1S/C19H22FN5O2S/c1-12-10-24(7-5-13(12)4-6-21)17-3-2-14(8-16(17)20)25-11-15(27-19(25)26)9-23-18(22)28/h2-4,8,12,15H,5,7,9-11H2,1H3,(H3,22,23,28)/b13-4-. The number of carbonyl (C=O) groups is 1. The van der Waals surface area contributed by atoms with Gasteiger partial charge in [-0.25, -0.2) is 9.18 Å². The monoisotopic (exact) mass is 403 g/mol. The Bertz CT molecular complexity index is 853. The molecule has 2 saturated heterocycles. The molecule has 1 aromatic rings. The molecule has 0 aliphatic carbocycles. The molecule has 0 aromatic heterocycles. The zero-order chi connectivity index (χ0) is 20.3. The summed E-state index contributed by atoms with van der Waals surface area (Å²) in [7, 11) is 0. The van der Waals surface area contributed by atoms with E-state index in [-0.39, 0.29) is 17.6 Å². The van der Waals surface area contributed by atoms with Gasteiger partial charge in [-0.1, -0.05) is 12.5 Å². The number of nitrogens with zero attached hydrogens (tertiary/aromatic N) is 3. The van der Waals surface area contributed by atoms with Crippen LogP contribution in [0.1, 0.15) is 13.3 Å². The van der Waals surface area contributed by atoms with Gasteiger partial charge in [-0.05, 0) is 42.8 Å². The van der Waals surface area contributed by atoms with E-state index in [2.05, 4.69) is 11.4 Å². The number of amides is 1. The average Bonchev–Trinajstić information content (AvgIpc) is 3.02. The molecule has 0 saturated carbocycles. The number of nitrogens with one attached hydrogen (secondary N) is 1. The van der Waals surface area contributed by atoms with Gasteiger partial charge in [0.15, 0.2) is 5.11 Å². The van der Waals surface area contributed by atoms with Gasteiger partial charge in [0.05, 0.1) is 30.5 Å². The Morgan fingerprint density at radius 1 is 1.54 bits per heavy atom. The third-order valence-electron chi connectivity index (χ3n) is 5.01. The summed E-state index contributed by atoms with van der Waals surface area (Å²) in [5.74, 6) is -0.210. The van der Waals surface area contributed by atoms with Crippen molar-refractivity contribution in [2.75, 3.05) is 36.0 Å². The predicted octanol–water partition coefficient (Wildman–Crippen LogP) is 2.28. The average molecular weight is 403 g/mol. The van der Waals surface area contributed by atoms with Gasteiger partial charge in [0.1, 0.15) is 11.9 Å². The van der Waals surface area contributed by atoms with Crippen molar-refractivity contribution in [2.24, 2.45) is 11.7 Å². The molecule has 1 amide bonds. The summed E-state index contributed by atoms with van der Waals surface area (Å²) in [4.78, 5) is 15.5. The summed E-state index contributed by atoms with van der Waals surface area (Å²) in [5.41, 5.74) is 7.41. The van der Waals surface area contributed by atoms with Gasteiger partial charge in [-0.2, -0.15) is 5.26 Å². The van der Waals surface area contributed by atoms with Crippen LogP contribution in [0.3, 0.4) is 0 Å². The van der Waals surface area contributed by atoms with E-state index in [4.69, 9.17) is 28.0 Å². The van der Waals surface area contributed by atoms with Crippen molar-refractivity contribution in [3.05, 3.63) is 35.7 Å². The summed E-state index contributed by atoms with van der Waals surface area (Å²) in [6, 6.07) is 6.83. The minimum absolute atomic E-state index is 0.133. The number of hydrogen-bond acceptors (Lipinski definition) is 5. The Balaban J connectivity index is 1.69. The number of nitrogens with two attached hydrogens (primary N) is 1. The molecule has 1 aromatic carbocycles. The number of thiocarbonyl (C=S) groups is 1. The van der Waals surface area contributed by atoms with Crippen LogP contribution in [0.25, 0.3) is 0 Å². The zero-order valence-electron chi connectivity index (χ0n) is 15.5. The second kappa shape index (κ2) is 8.44. The van der Waals surface area contributed by atoms with Crippen molar-refractivity contribution < 1.29 is 13.9 Å². The molecular formula is C19H22FN5O2S. The second-order valence-electron chi connectivity index (χ2n) is 6.94. The number of piperidine rings is 1. The number of halogens is 1. The van der Waals surface area contributed by atoms with Crippen LogP contribution in [-0.4, -0.2) is 43.5 Å². The molecule has 2 aliphatic rings. The van der Waals surface area contributed by atoms with Gasteiger partial charge >= 0.3 is 6.09 Å². The van der Waals surface area contributed by atoms with Crippen LogP contribution in [0, 0.1) is 23.1 Å². The van der Waals surface area contributed by atoms with Gasteiger partial charge < -0.3 is 20.7 Å². The summed E-state index contributed by atoms with van der Waals surface area (Å²) in [6.07, 6.45) is 1.37. The number of anilines is 2. The minimum atomic E-state index is -0.528. The summed E-state index contributed by atoms with van der Waals surface area (Å²) < 4.78 is 20.1. The number of hydrogen-bond donors (Lipinski definition) is 2. The Hall–Kier alpha value is -2.86. The Kier molecular flexibility index (Phi) is 5.99. The van der Waals surface area contributed by atoms with Crippen LogP contribution < -0.4 is 20.9 Å². The lowest BCUT2D eigenvalue weighted by Crippen LogP contribution is -2.37. The summed E-state index contributed by atoms with van der Waals surface area (Å²) >= 11 is 4.75. The molecule has 2 aliphatic heterocycles. The smallest absolute Gasteiger partial charge is 0.414 e. The molecule has 0 radical (unpaired) electrons. The largest absolute Gasteiger partial charge is 0.442 e. The van der Waals surface area contributed by atoms with E-state index in [1.165, 1.54) is 11.0 Å². The van der Waals surface area contributed by atoms with Crippen LogP contribution in [0.2, 0.25) is 0 Å². The molecule has 3 N–H and O–H groups in total. The maximum atomic E-state index is 14.8. The van der Waals surface area contributed by atoms with E-state index in [9.17, 15) is 9.18 Å². The molecule has 28 heavy (non-hydrogen) atoms. The van der Waals surface area contributed by atoms with Gasteiger partial charge in [-0.15, -0.1) is 0 Å². The number of allylic oxidation sites excluding steroid dienone is 1. The lowest BCUT2D eigenvalue weighted by molar-refractivity contribution is 0.143. The number of benzene rings is 1. The molecule has 0 spiro atoms. The maximum absolute atomic E-state index is 14.8. The quantitative estimate of drug-likeness (QED) is 0.588. The van der Waals surface area contributed by atoms with Crippen LogP contribution >= 0.6 is 12.2 Å². The lowest BCUT2D eigenvalue weighted by Gasteiger charge is -2.34.